The summed E-state index contributed by atoms with van der Waals surface area (Å²) in [6, 6.07) is 0.0363. The van der Waals surface area contributed by atoms with E-state index in [0.717, 1.165) is 32.5 Å². The highest BCUT2D eigenvalue weighted by Gasteiger charge is 2.17. The van der Waals surface area contributed by atoms with E-state index in [1.54, 1.807) is 0 Å². The molecule has 4 heteroatoms. The number of carbonyl (C=O) groups is 1. The molecule has 3 N–H and O–H groups in total. The Labute approximate surface area is 84.4 Å². The van der Waals surface area contributed by atoms with Crippen molar-refractivity contribution in [3.8, 4) is 0 Å². The van der Waals surface area contributed by atoms with Crippen molar-refractivity contribution < 1.29 is 14.6 Å². The second-order valence-electron chi connectivity index (χ2n) is 3.98. The molecule has 1 aliphatic heterocycles. The lowest BCUT2D eigenvalue weighted by atomic mass is 9.91. The monoisotopic (exact) mass is 201 g/mol. The van der Waals surface area contributed by atoms with Crippen LogP contribution >= 0.6 is 0 Å². The Morgan fingerprint density at radius 3 is 2.71 bits per heavy atom. The van der Waals surface area contributed by atoms with Gasteiger partial charge in [-0.2, -0.15) is 0 Å². The highest BCUT2D eigenvalue weighted by Crippen LogP contribution is 2.20. The SMILES string of the molecule is NC(CCC(=O)O)CC1CCOCC1. The standard InChI is InChI=1S/C10H19NO3/c11-9(1-2-10(12)13)7-8-3-5-14-6-4-8/h8-9H,1-7,11H2,(H,12,13). The summed E-state index contributed by atoms with van der Waals surface area (Å²) in [6.45, 7) is 1.66. The predicted octanol–water partition coefficient (Wildman–Crippen LogP) is 0.995. The third-order valence-electron chi connectivity index (χ3n) is 2.71. The van der Waals surface area contributed by atoms with Crippen LogP contribution in [0, 0.1) is 5.92 Å². The molecule has 14 heavy (non-hydrogen) atoms. The summed E-state index contributed by atoms with van der Waals surface area (Å²) in [5, 5.41) is 8.49. The van der Waals surface area contributed by atoms with Crippen molar-refractivity contribution in [2.45, 2.75) is 38.1 Å². The van der Waals surface area contributed by atoms with E-state index in [1.165, 1.54) is 0 Å². The van der Waals surface area contributed by atoms with Gasteiger partial charge in [-0.3, -0.25) is 4.79 Å². The van der Waals surface area contributed by atoms with E-state index < -0.39 is 5.97 Å². The van der Waals surface area contributed by atoms with Gasteiger partial charge in [0.15, 0.2) is 0 Å². The van der Waals surface area contributed by atoms with Crippen LogP contribution in [0.15, 0.2) is 0 Å². The van der Waals surface area contributed by atoms with Crippen LogP contribution < -0.4 is 5.73 Å². The van der Waals surface area contributed by atoms with Gasteiger partial charge in [0.05, 0.1) is 0 Å². The number of carboxylic acid groups (broad SMARTS) is 1. The Balaban J connectivity index is 2.11. The van der Waals surface area contributed by atoms with E-state index in [2.05, 4.69) is 0 Å². The van der Waals surface area contributed by atoms with Crippen molar-refractivity contribution in [2.24, 2.45) is 11.7 Å². The van der Waals surface area contributed by atoms with Crippen molar-refractivity contribution in [1.82, 2.24) is 0 Å². The maximum Gasteiger partial charge on any atom is 0.303 e. The number of ether oxygens (including phenoxy) is 1. The Bertz CT molecular complexity index is 178. The highest BCUT2D eigenvalue weighted by atomic mass is 16.5. The molecule has 1 heterocycles. The van der Waals surface area contributed by atoms with Crippen LogP contribution in [0.1, 0.15) is 32.1 Å². The van der Waals surface area contributed by atoms with E-state index in [-0.39, 0.29) is 12.5 Å². The van der Waals surface area contributed by atoms with E-state index in [0.29, 0.717) is 12.3 Å². The smallest absolute Gasteiger partial charge is 0.303 e. The molecular formula is C10H19NO3. The van der Waals surface area contributed by atoms with Gasteiger partial charge < -0.3 is 15.6 Å². The number of carboxylic acids is 1. The van der Waals surface area contributed by atoms with E-state index in [1.807, 2.05) is 0 Å². The van der Waals surface area contributed by atoms with Crippen molar-refractivity contribution in [3.05, 3.63) is 0 Å². The molecule has 0 aromatic carbocycles. The van der Waals surface area contributed by atoms with Gasteiger partial charge in [0.2, 0.25) is 0 Å². The molecule has 82 valence electrons. The predicted molar refractivity (Wildman–Crippen MR) is 53.0 cm³/mol. The van der Waals surface area contributed by atoms with Gasteiger partial charge in [0, 0.05) is 25.7 Å². The largest absolute Gasteiger partial charge is 0.481 e. The average molecular weight is 201 g/mol. The van der Waals surface area contributed by atoms with Crippen molar-refractivity contribution in [2.75, 3.05) is 13.2 Å². The number of rotatable bonds is 5. The number of nitrogens with two attached hydrogens (primary N) is 1. The Morgan fingerprint density at radius 1 is 1.50 bits per heavy atom. The number of aliphatic carboxylic acids is 1. The minimum absolute atomic E-state index is 0.0363. The highest BCUT2D eigenvalue weighted by molar-refractivity contribution is 5.66. The molecule has 0 bridgehead atoms. The first kappa shape index (κ1) is 11.5. The van der Waals surface area contributed by atoms with Gasteiger partial charge in [0.25, 0.3) is 0 Å². The Kier molecular flexibility index (Phi) is 4.90. The second-order valence-corrected chi connectivity index (χ2v) is 3.98. The molecule has 1 rings (SSSR count). The van der Waals surface area contributed by atoms with E-state index >= 15 is 0 Å². The van der Waals surface area contributed by atoms with Crippen LogP contribution in [0.4, 0.5) is 0 Å². The summed E-state index contributed by atoms with van der Waals surface area (Å²) in [5.74, 6) is -0.125. The molecule has 0 aliphatic carbocycles. The summed E-state index contributed by atoms with van der Waals surface area (Å²) in [7, 11) is 0. The van der Waals surface area contributed by atoms with Crippen LogP contribution in [0.5, 0.6) is 0 Å². The molecule has 1 saturated heterocycles. The van der Waals surface area contributed by atoms with Gasteiger partial charge in [-0.1, -0.05) is 0 Å². The second kappa shape index (κ2) is 5.98. The minimum atomic E-state index is -0.757. The number of hydrogen-bond donors (Lipinski definition) is 2. The molecular weight excluding hydrogens is 182 g/mol. The molecule has 4 nitrogen and oxygen atoms in total. The zero-order valence-corrected chi connectivity index (χ0v) is 8.45. The zero-order chi connectivity index (χ0) is 10.4. The topological polar surface area (TPSA) is 72.6 Å². The van der Waals surface area contributed by atoms with E-state index in [4.69, 9.17) is 15.6 Å². The first-order valence-electron chi connectivity index (χ1n) is 5.23. The molecule has 0 spiro atoms. The molecule has 0 saturated carbocycles. The Morgan fingerprint density at radius 2 is 2.14 bits per heavy atom. The molecule has 1 fully saturated rings. The summed E-state index contributed by atoms with van der Waals surface area (Å²) >= 11 is 0. The van der Waals surface area contributed by atoms with Gasteiger partial charge >= 0.3 is 5.97 Å². The van der Waals surface area contributed by atoms with E-state index in [9.17, 15) is 4.79 Å². The van der Waals surface area contributed by atoms with Crippen LogP contribution in [0.25, 0.3) is 0 Å². The van der Waals surface area contributed by atoms with Gasteiger partial charge in [-0.15, -0.1) is 0 Å². The molecule has 1 atom stereocenters. The fraction of sp³-hybridized carbons (Fsp3) is 0.900. The van der Waals surface area contributed by atoms with Gasteiger partial charge in [-0.25, -0.2) is 0 Å². The van der Waals surface area contributed by atoms with Crippen molar-refractivity contribution in [1.29, 1.82) is 0 Å². The third kappa shape index (κ3) is 4.58. The molecule has 0 aromatic heterocycles. The summed E-state index contributed by atoms with van der Waals surface area (Å²) in [5.41, 5.74) is 5.85. The molecule has 0 amide bonds. The first-order valence-corrected chi connectivity index (χ1v) is 5.23. The molecule has 1 aliphatic rings. The zero-order valence-electron chi connectivity index (χ0n) is 8.45. The van der Waals surface area contributed by atoms with Crippen LogP contribution in [-0.2, 0) is 9.53 Å². The number of hydrogen-bond acceptors (Lipinski definition) is 3. The fourth-order valence-corrected chi connectivity index (χ4v) is 1.84. The molecule has 0 aromatic rings. The maximum absolute atomic E-state index is 10.3. The lowest BCUT2D eigenvalue weighted by Crippen LogP contribution is -2.27. The minimum Gasteiger partial charge on any atom is -0.481 e. The molecule has 1 unspecified atom stereocenters. The summed E-state index contributed by atoms with van der Waals surface area (Å²) in [6.07, 6.45) is 3.86. The van der Waals surface area contributed by atoms with Gasteiger partial charge in [-0.05, 0) is 31.6 Å². The maximum atomic E-state index is 10.3. The normalized spacial score (nSPS) is 20.6. The third-order valence-corrected chi connectivity index (χ3v) is 2.71. The van der Waals surface area contributed by atoms with Gasteiger partial charge in [0.1, 0.15) is 0 Å². The van der Waals surface area contributed by atoms with Crippen LogP contribution in [0.2, 0.25) is 0 Å². The Hall–Kier alpha value is -0.610. The lowest BCUT2D eigenvalue weighted by Gasteiger charge is -2.24. The lowest BCUT2D eigenvalue weighted by molar-refractivity contribution is -0.137. The quantitative estimate of drug-likeness (QED) is 0.696. The van der Waals surface area contributed by atoms with Crippen LogP contribution in [0.3, 0.4) is 0 Å². The van der Waals surface area contributed by atoms with Crippen LogP contribution in [-0.4, -0.2) is 30.3 Å². The van der Waals surface area contributed by atoms with Crippen molar-refractivity contribution in [3.63, 3.8) is 0 Å². The average Bonchev–Trinajstić information content (AvgIpc) is 2.16. The fourth-order valence-electron chi connectivity index (χ4n) is 1.84. The first-order chi connectivity index (χ1) is 6.68. The summed E-state index contributed by atoms with van der Waals surface area (Å²) < 4.78 is 5.24. The summed E-state index contributed by atoms with van der Waals surface area (Å²) in [4.78, 5) is 10.3. The van der Waals surface area contributed by atoms with Crippen molar-refractivity contribution >= 4 is 5.97 Å². The molecule has 0 radical (unpaired) electrons.